The van der Waals surface area contributed by atoms with Crippen LogP contribution in [0.1, 0.15) is 77.0 Å². The maximum absolute atomic E-state index is 14.3. The number of carboxylic acids is 1. The third-order valence-corrected chi connectivity index (χ3v) is 11.9. The van der Waals surface area contributed by atoms with Crippen molar-refractivity contribution in [3.05, 3.63) is 108 Å². The molecule has 1 saturated heterocycles. The number of hydrogen-bond acceptors (Lipinski definition) is 13. The molecule has 2 N–H and O–H groups in total. The summed E-state index contributed by atoms with van der Waals surface area (Å²) >= 11 is 0. The van der Waals surface area contributed by atoms with Crippen LogP contribution in [0.15, 0.2) is 91.0 Å². The third-order valence-electron chi connectivity index (χ3n) is 11.9. The Morgan fingerprint density at radius 2 is 1.15 bits per heavy atom. The molecule has 1 fully saturated rings. The maximum Gasteiger partial charge on any atom is 0.344 e. The van der Waals surface area contributed by atoms with Gasteiger partial charge in [-0.15, -0.1) is 0 Å². The predicted molar refractivity (Wildman–Crippen MR) is 249 cm³/mol. The van der Waals surface area contributed by atoms with Gasteiger partial charge in [0.15, 0.2) is 24.4 Å². The lowest BCUT2D eigenvalue weighted by Gasteiger charge is -2.37. The van der Waals surface area contributed by atoms with Crippen molar-refractivity contribution in [3.63, 3.8) is 0 Å². The van der Waals surface area contributed by atoms with Crippen molar-refractivity contribution < 1.29 is 62.4 Å². The van der Waals surface area contributed by atoms with E-state index < -0.39 is 96.2 Å². The van der Waals surface area contributed by atoms with Gasteiger partial charge in [-0.3, -0.25) is 19.2 Å². The molecule has 3 aromatic rings. The van der Waals surface area contributed by atoms with Crippen LogP contribution in [0.5, 0.6) is 0 Å². The fourth-order valence-electron chi connectivity index (χ4n) is 7.74. The second kappa shape index (κ2) is 26.1. The van der Waals surface area contributed by atoms with Crippen LogP contribution >= 0.6 is 0 Å². The molecule has 3 amide bonds. The molecule has 4 rings (SSSR count). The number of benzene rings is 3. The van der Waals surface area contributed by atoms with E-state index in [1.165, 1.54) is 39.8 Å². The van der Waals surface area contributed by atoms with Gasteiger partial charge in [0.2, 0.25) is 0 Å². The normalized spacial score (nSPS) is 16.7. The summed E-state index contributed by atoms with van der Waals surface area (Å²) in [5.74, 6) is -7.06. The number of aliphatic carboxylic acids is 1. The molecule has 17 heteroatoms. The monoisotopic (exact) mass is 942 g/mol. The quantitative estimate of drug-likeness (QED) is 0.101. The van der Waals surface area contributed by atoms with E-state index in [0.29, 0.717) is 30.4 Å². The summed E-state index contributed by atoms with van der Waals surface area (Å²) in [6.45, 7) is 7.74. The molecule has 0 unspecified atom stereocenters. The number of carbonyl (C=O) groups is 8. The van der Waals surface area contributed by atoms with Crippen LogP contribution in [0.3, 0.4) is 0 Å². The Balaban J connectivity index is 1.49. The van der Waals surface area contributed by atoms with Crippen molar-refractivity contribution in [2.24, 2.45) is 5.92 Å². The first-order valence-electron chi connectivity index (χ1n) is 23.0. The van der Waals surface area contributed by atoms with Gasteiger partial charge in [0, 0.05) is 33.5 Å². The highest BCUT2D eigenvalue weighted by Crippen LogP contribution is 2.24. The van der Waals surface area contributed by atoms with E-state index in [2.05, 4.69) is 5.32 Å². The van der Waals surface area contributed by atoms with E-state index in [-0.39, 0.29) is 38.1 Å². The molecule has 8 atom stereocenters. The zero-order valence-electron chi connectivity index (χ0n) is 40.2. The van der Waals surface area contributed by atoms with Crippen molar-refractivity contribution in [3.8, 4) is 0 Å². The van der Waals surface area contributed by atoms with Gasteiger partial charge >= 0.3 is 29.8 Å². The number of ether oxygens (including phenoxy) is 4. The Bertz CT molecular complexity index is 2170. The fourth-order valence-corrected chi connectivity index (χ4v) is 7.74. The van der Waals surface area contributed by atoms with Crippen molar-refractivity contribution in [2.75, 3.05) is 27.7 Å². The number of piperidine rings is 1. The molecule has 0 bridgehead atoms. The van der Waals surface area contributed by atoms with Crippen LogP contribution in [0, 0.1) is 5.92 Å². The lowest BCUT2D eigenvalue weighted by Crippen LogP contribution is -2.55. The maximum atomic E-state index is 14.3. The summed E-state index contributed by atoms with van der Waals surface area (Å²) in [5.41, 5.74) is 2.24. The van der Waals surface area contributed by atoms with Gasteiger partial charge in [0.1, 0.15) is 24.2 Å². The minimum absolute atomic E-state index is 0.0152. The van der Waals surface area contributed by atoms with Crippen LogP contribution in [0.25, 0.3) is 0 Å². The highest BCUT2D eigenvalue weighted by molar-refractivity contribution is 5.93. The van der Waals surface area contributed by atoms with Crippen LogP contribution in [0.2, 0.25) is 0 Å². The molecule has 0 radical (unpaired) electrons. The average Bonchev–Trinajstić information content (AvgIpc) is 3.33. The van der Waals surface area contributed by atoms with Crippen molar-refractivity contribution in [1.82, 2.24) is 20.0 Å². The largest absolute Gasteiger partial charge is 0.479 e. The van der Waals surface area contributed by atoms with Gasteiger partial charge in [-0.2, -0.15) is 0 Å². The number of esters is 4. The SMILES string of the molecule is CN[C@@H](Cc1ccccc1)C(=O)O[C@H](Cc1ccccc1)C(=O)N(C)[C@@H](C)C(=O)O[C@H](C)C(=O)N(C)[C@@H](CC(C)C)C(=O)O[C@H](Cc1ccccc1)C(=O)N1CCCC[C@H]1C(=O)O[C@H](C)C(=O)O. The van der Waals surface area contributed by atoms with Crippen LogP contribution < -0.4 is 5.32 Å². The molecular weight excluding hydrogens is 877 g/mol. The van der Waals surface area contributed by atoms with Crippen LogP contribution in [0.4, 0.5) is 0 Å². The summed E-state index contributed by atoms with van der Waals surface area (Å²) < 4.78 is 22.6. The van der Waals surface area contributed by atoms with E-state index in [1.807, 2.05) is 50.2 Å². The number of nitrogens with one attached hydrogen (secondary N) is 1. The van der Waals surface area contributed by atoms with Crippen LogP contribution in [-0.2, 0) is 76.6 Å². The van der Waals surface area contributed by atoms with Crippen LogP contribution in [-0.4, -0.2) is 144 Å². The molecule has 68 heavy (non-hydrogen) atoms. The predicted octanol–water partition coefficient (Wildman–Crippen LogP) is 4.18. The molecule has 3 aromatic carbocycles. The Morgan fingerprint density at radius 3 is 1.66 bits per heavy atom. The van der Waals surface area contributed by atoms with E-state index in [1.54, 1.807) is 61.6 Å². The van der Waals surface area contributed by atoms with E-state index in [4.69, 9.17) is 18.9 Å². The summed E-state index contributed by atoms with van der Waals surface area (Å²) in [6.07, 6.45) is -4.02. The standard InChI is InChI=1S/C51H66N4O13/c1-32(2)28-41(51(64)68-43(31-38-24-16-11-17-25-38)46(58)55-27-19-18-26-40(55)50(63)66-35(5)47(59)60)54(8)44(56)34(4)65-48(61)33(3)53(7)45(57)42(30-37-22-14-10-15-23-37)67-49(62)39(52-6)29-36-20-12-9-13-21-36/h9-17,20-25,32-35,39-43,52H,18-19,26-31H2,1-8H3,(H,59,60)/t33-,34+,35+,39-,40-,41-,42+,43+/m0/s1. The molecule has 368 valence electrons. The van der Waals surface area contributed by atoms with E-state index in [0.717, 1.165) is 15.4 Å². The number of carbonyl (C=O) groups excluding carboxylic acids is 7. The van der Waals surface area contributed by atoms with Crippen molar-refractivity contribution in [2.45, 2.75) is 128 Å². The molecule has 0 aliphatic carbocycles. The highest BCUT2D eigenvalue weighted by atomic mass is 16.6. The number of rotatable bonds is 23. The van der Waals surface area contributed by atoms with Gasteiger partial charge < -0.3 is 44.1 Å². The first-order valence-corrected chi connectivity index (χ1v) is 23.0. The van der Waals surface area contributed by atoms with Gasteiger partial charge in [-0.25, -0.2) is 19.2 Å². The lowest BCUT2D eigenvalue weighted by atomic mass is 9.99. The molecule has 0 aromatic heterocycles. The second-order valence-electron chi connectivity index (χ2n) is 17.5. The van der Waals surface area contributed by atoms with Gasteiger partial charge in [0.05, 0.1) is 0 Å². The Kier molecular flexibility index (Phi) is 20.7. The van der Waals surface area contributed by atoms with E-state index in [9.17, 15) is 43.5 Å². The summed E-state index contributed by atoms with van der Waals surface area (Å²) in [4.78, 5) is 112. The number of likely N-dealkylation sites (N-methyl/N-ethyl adjacent to an activating group) is 3. The number of nitrogens with zero attached hydrogens (tertiary/aromatic N) is 3. The second-order valence-corrected chi connectivity index (χ2v) is 17.5. The number of likely N-dealkylation sites (tertiary alicyclic amines) is 1. The summed E-state index contributed by atoms with van der Waals surface area (Å²) in [5, 5.41) is 12.3. The Morgan fingerprint density at radius 1 is 0.632 bits per heavy atom. The molecule has 17 nitrogen and oxygen atoms in total. The molecule has 0 saturated carbocycles. The smallest absolute Gasteiger partial charge is 0.344 e. The zero-order valence-corrected chi connectivity index (χ0v) is 40.2. The number of carboxylic acid groups (broad SMARTS) is 1. The van der Waals surface area contributed by atoms with Crippen molar-refractivity contribution >= 4 is 47.6 Å². The topological polar surface area (TPSA) is 215 Å². The lowest BCUT2D eigenvalue weighted by molar-refractivity contribution is -0.175. The van der Waals surface area contributed by atoms with Gasteiger partial charge in [-0.05, 0) is 82.5 Å². The molecular formula is C51H66N4O13. The van der Waals surface area contributed by atoms with Gasteiger partial charge in [-0.1, -0.05) is 105 Å². The third kappa shape index (κ3) is 15.5. The minimum atomic E-state index is -1.46. The highest BCUT2D eigenvalue weighted by Gasteiger charge is 2.42. The molecule has 0 spiro atoms. The fraction of sp³-hybridized carbons (Fsp3) is 0.490. The Labute approximate surface area is 398 Å². The average molecular weight is 943 g/mol. The number of amides is 3. The molecule has 1 heterocycles. The minimum Gasteiger partial charge on any atom is -0.479 e. The number of hydrogen-bond donors (Lipinski definition) is 2. The Hall–Kier alpha value is -6.62. The first kappa shape index (κ1) is 54.0. The van der Waals surface area contributed by atoms with Gasteiger partial charge in [0.25, 0.3) is 17.7 Å². The summed E-state index contributed by atoms with van der Waals surface area (Å²) in [6, 6.07) is 22.7. The first-order chi connectivity index (χ1) is 32.3. The summed E-state index contributed by atoms with van der Waals surface area (Å²) in [7, 11) is 4.34. The van der Waals surface area contributed by atoms with E-state index >= 15 is 0 Å². The van der Waals surface area contributed by atoms with Crippen molar-refractivity contribution in [1.29, 1.82) is 0 Å². The molecule has 1 aliphatic rings. The molecule has 1 aliphatic heterocycles. The zero-order chi connectivity index (χ0) is 50.1.